The predicted octanol–water partition coefficient (Wildman–Crippen LogP) is 1.14. The van der Waals surface area contributed by atoms with Gasteiger partial charge in [0.1, 0.15) is 5.82 Å². The highest BCUT2D eigenvalue weighted by Crippen LogP contribution is 2.24. The molecule has 1 aromatic rings. The molecule has 126 valence electrons. The zero-order valence-electron chi connectivity index (χ0n) is 13.1. The summed E-state index contributed by atoms with van der Waals surface area (Å²) in [5, 5.41) is 5.06. The molecule has 7 heteroatoms. The van der Waals surface area contributed by atoms with E-state index < -0.39 is 6.03 Å². The highest BCUT2D eigenvalue weighted by Gasteiger charge is 2.22. The summed E-state index contributed by atoms with van der Waals surface area (Å²) in [7, 11) is 0. The Hall–Kier alpha value is -2.15. The zero-order valence-corrected chi connectivity index (χ0v) is 13.1. The summed E-state index contributed by atoms with van der Waals surface area (Å²) >= 11 is 0. The van der Waals surface area contributed by atoms with E-state index in [4.69, 9.17) is 5.73 Å². The minimum atomic E-state index is -0.730. The molecule has 0 aliphatic carbocycles. The van der Waals surface area contributed by atoms with Crippen LogP contribution in [-0.4, -0.2) is 43.0 Å². The Balaban J connectivity index is 1.99. The Morgan fingerprint density at radius 1 is 1.13 bits per heavy atom. The van der Waals surface area contributed by atoms with Crippen LogP contribution in [0.4, 0.5) is 9.18 Å². The molecule has 2 rings (SSSR count). The van der Waals surface area contributed by atoms with Crippen molar-refractivity contribution in [3.63, 3.8) is 0 Å². The molecule has 4 N–H and O–H groups in total. The summed E-state index contributed by atoms with van der Waals surface area (Å²) in [6.07, 6.45) is 3.45. The summed E-state index contributed by atoms with van der Waals surface area (Å²) in [5.74, 6) is -0.575. The van der Waals surface area contributed by atoms with Crippen LogP contribution < -0.4 is 16.4 Å². The molecule has 1 atom stereocenters. The van der Waals surface area contributed by atoms with Gasteiger partial charge >= 0.3 is 6.03 Å². The summed E-state index contributed by atoms with van der Waals surface area (Å²) in [5.41, 5.74) is 5.91. The molecule has 0 aromatic heterocycles. The van der Waals surface area contributed by atoms with Crippen LogP contribution in [0.3, 0.4) is 0 Å². The minimum absolute atomic E-state index is 0.00609. The van der Waals surface area contributed by atoms with Gasteiger partial charge in [0.2, 0.25) is 5.91 Å². The van der Waals surface area contributed by atoms with Crippen molar-refractivity contribution in [3.8, 4) is 0 Å². The lowest BCUT2D eigenvalue weighted by Gasteiger charge is -2.35. The molecule has 0 spiro atoms. The van der Waals surface area contributed by atoms with E-state index in [0.29, 0.717) is 6.54 Å². The summed E-state index contributed by atoms with van der Waals surface area (Å²) in [6, 6.07) is 5.63. The topological polar surface area (TPSA) is 87.5 Å². The third-order valence-electron chi connectivity index (χ3n) is 4.00. The van der Waals surface area contributed by atoms with Crippen LogP contribution in [0.1, 0.15) is 30.9 Å². The molecular formula is C16H23FN4O2. The number of carbonyl (C=O) groups is 2. The Labute approximate surface area is 135 Å². The van der Waals surface area contributed by atoms with Gasteiger partial charge in [0.05, 0.1) is 12.6 Å². The average molecular weight is 322 g/mol. The smallest absolute Gasteiger partial charge is 0.312 e. The third kappa shape index (κ3) is 5.52. The SMILES string of the molecule is NC(=O)NCC(=O)NCC(c1ccc(F)cc1)N1CCCCC1. The molecule has 3 amide bonds. The number of piperidine rings is 1. The second-order valence-corrected chi connectivity index (χ2v) is 5.69. The van der Waals surface area contributed by atoms with Crippen LogP contribution >= 0.6 is 0 Å². The van der Waals surface area contributed by atoms with E-state index in [2.05, 4.69) is 15.5 Å². The molecule has 6 nitrogen and oxygen atoms in total. The molecule has 0 saturated carbocycles. The number of rotatable bonds is 6. The van der Waals surface area contributed by atoms with Gasteiger partial charge in [-0.1, -0.05) is 18.6 Å². The van der Waals surface area contributed by atoms with E-state index >= 15 is 0 Å². The van der Waals surface area contributed by atoms with Gasteiger partial charge in [0, 0.05) is 6.54 Å². The fraction of sp³-hybridized carbons (Fsp3) is 0.500. The molecule has 1 unspecified atom stereocenters. The number of primary amides is 1. The van der Waals surface area contributed by atoms with Crippen LogP contribution in [-0.2, 0) is 4.79 Å². The van der Waals surface area contributed by atoms with Gasteiger partial charge < -0.3 is 16.4 Å². The van der Waals surface area contributed by atoms with Crippen molar-refractivity contribution in [3.05, 3.63) is 35.6 Å². The molecule has 1 aliphatic heterocycles. The van der Waals surface area contributed by atoms with E-state index in [1.165, 1.54) is 18.6 Å². The molecule has 1 saturated heterocycles. The monoisotopic (exact) mass is 322 g/mol. The molecule has 23 heavy (non-hydrogen) atoms. The number of hydrogen-bond acceptors (Lipinski definition) is 3. The van der Waals surface area contributed by atoms with Crippen molar-refractivity contribution in [2.24, 2.45) is 5.73 Å². The second-order valence-electron chi connectivity index (χ2n) is 5.69. The van der Waals surface area contributed by atoms with Crippen LogP contribution in [0.5, 0.6) is 0 Å². The van der Waals surface area contributed by atoms with Gasteiger partial charge in [-0.2, -0.15) is 0 Å². The van der Waals surface area contributed by atoms with Gasteiger partial charge in [-0.05, 0) is 43.6 Å². The van der Waals surface area contributed by atoms with Crippen molar-refractivity contribution in [1.29, 1.82) is 0 Å². The van der Waals surface area contributed by atoms with Gasteiger partial charge in [0.25, 0.3) is 0 Å². The molecule has 0 bridgehead atoms. The van der Waals surface area contributed by atoms with Gasteiger partial charge in [0.15, 0.2) is 0 Å². The molecule has 1 aliphatic rings. The van der Waals surface area contributed by atoms with Crippen LogP contribution in [0.2, 0.25) is 0 Å². The number of halogens is 1. The molecular weight excluding hydrogens is 299 g/mol. The lowest BCUT2D eigenvalue weighted by Crippen LogP contribution is -2.44. The van der Waals surface area contributed by atoms with Crippen LogP contribution in [0.15, 0.2) is 24.3 Å². The number of carbonyl (C=O) groups excluding carboxylic acids is 2. The summed E-state index contributed by atoms with van der Waals surface area (Å²) in [6.45, 7) is 2.17. The van der Waals surface area contributed by atoms with E-state index in [-0.39, 0.29) is 24.3 Å². The quantitative estimate of drug-likeness (QED) is 0.734. The maximum absolute atomic E-state index is 13.1. The van der Waals surface area contributed by atoms with Crippen molar-refractivity contribution in [1.82, 2.24) is 15.5 Å². The van der Waals surface area contributed by atoms with E-state index in [9.17, 15) is 14.0 Å². The Morgan fingerprint density at radius 2 is 1.78 bits per heavy atom. The number of hydrogen-bond donors (Lipinski definition) is 3. The first-order valence-electron chi connectivity index (χ1n) is 7.86. The van der Waals surface area contributed by atoms with Crippen molar-refractivity contribution in [2.45, 2.75) is 25.3 Å². The maximum atomic E-state index is 13.1. The number of nitrogens with one attached hydrogen (secondary N) is 2. The molecule has 1 fully saturated rings. The Bertz CT molecular complexity index is 529. The van der Waals surface area contributed by atoms with Crippen molar-refractivity contribution in [2.75, 3.05) is 26.2 Å². The Kier molecular flexibility index (Phi) is 6.34. The van der Waals surface area contributed by atoms with Crippen molar-refractivity contribution >= 4 is 11.9 Å². The highest BCUT2D eigenvalue weighted by molar-refractivity contribution is 5.83. The van der Waals surface area contributed by atoms with E-state index in [0.717, 1.165) is 31.5 Å². The number of nitrogens with zero attached hydrogens (tertiary/aromatic N) is 1. The minimum Gasteiger partial charge on any atom is -0.353 e. The molecule has 1 heterocycles. The summed E-state index contributed by atoms with van der Waals surface area (Å²) in [4.78, 5) is 24.7. The number of urea groups is 1. The van der Waals surface area contributed by atoms with Gasteiger partial charge in [-0.3, -0.25) is 9.69 Å². The first kappa shape index (κ1) is 17.2. The Morgan fingerprint density at radius 3 is 2.39 bits per heavy atom. The normalized spacial score (nSPS) is 16.6. The maximum Gasteiger partial charge on any atom is 0.312 e. The first-order valence-corrected chi connectivity index (χ1v) is 7.86. The lowest BCUT2D eigenvalue weighted by atomic mass is 10.0. The first-order chi connectivity index (χ1) is 11.1. The largest absolute Gasteiger partial charge is 0.353 e. The second kappa shape index (κ2) is 8.47. The van der Waals surface area contributed by atoms with Crippen LogP contribution in [0.25, 0.3) is 0 Å². The standard InChI is InChI=1S/C16H23FN4O2/c17-13-6-4-12(5-7-13)14(21-8-2-1-3-9-21)10-19-15(22)11-20-16(18)23/h4-7,14H,1-3,8-11H2,(H,19,22)(H3,18,20,23). The van der Waals surface area contributed by atoms with Crippen molar-refractivity contribution < 1.29 is 14.0 Å². The average Bonchev–Trinajstić information content (AvgIpc) is 2.55. The summed E-state index contributed by atoms with van der Waals surface area (Å²) < 4.78 is 13.1. The molecule has 0 radical (unpaired) electrons. The highest BCUT2D eigenvalue weighted by atomic mass is 19.1. The van der Waals surface area contributed by atoms with E-state index in [1.54, 1.807) is 12.1 Å². The lowest BCUT2D eigenvalue weighted by molar-refractivity contribution is -0.120. The van der Waals surface area contributed by atoms with E-state index in [1.807, 2.05) is 0 Å². The fourth-order valence-electron chi connectivity index (χ4n) is 2.81. The zero-order chi connectivity index (χ0) is 16.7. The van der Waals surface area contributed by atoms with Gasteiger partial charge in [-0.15, -0.1) is 0 Å². The predicted molar refractivity (Wildman–Crippen MR) is 85.2 cm³/mol. The number of likely N-dealkylation sites (tertiary alicyclic amines) is 1. The fourth-order valence-corrected chi connectivity index (χ4v) is 2.81. The third-order valence-corrected chi connectivity index (χ3v) is 4.00. The number of amides is 3. The number of nitrogens with two attached hydrogens (primary N) is 1. The molecule has 1 aromatic carbocycles. The van der Waals surface area contributed by atoms with Gasteiger partial charge in [-0.25, -0.2) is 9.18 Å². The van der Waals surface area contributed by atoms with Crippen LogP contribution in [0, 0.1) is 5.82 Å². The number of benzene rings is 1.